The van der Waals surface area contributed by atoms with E-state index in [1.54, 1.807) is 0 Å². The Morgan fingerprint density at radius 3 is 2.32 bits per heavy atom. The van der Waals surface area contributed by atoms with Gasteiger partial charge in [0.2, 0.25) is 10.0 Å². The highest BCUT2D eigenvalue weighted by Crippen LogP contribution is 2.36. The lowest BCUT2D eigenvalue weighted by molar-refractivity contribution is -0.139. The van der Waals surface area contributed by atoms with Crippen LogP contribution in [0.25, 0.3) is 0 Å². The van der Waals surface area contributed by atoms with Crippen LogP contribution in [0.3, 0.4) is 0 Å². The van der Waals surface area contributed by atoms with Crippen molar-refractivity contribution in [1.82, 2.24) is 0 Å². The van der Waals surface area contributed by atoms with Gasteiger partial charge in [-0.2, -0.15) is 13.2 Å². The number of sulfone groups is 1. The Kier molecular flexibility index (Phi) is 5.41. The summed E-state index contributed by atoms with van der Waals surface area (Å²) in [6.45, 7) is 0. The minimum absolute atomic E-state index is 0.0684. The smallest absolute Gasteiger partial charge is 0.382 e. The number of rotatable bonds is 4. The van der Waals surface area contributed by atoms with Gasteiger partial charge in [0.15, 0.2) is 0 Å². The first-order valence-electron chi connectivity index (χ1n) is 7.48. The van der Waals surface area contributed by atoms with Crippen molar-refractivity contribution in [3.63, 3.8) is 0 Å². The van der Waals surface area contributed by atoms with Gasteiger partial charge in [0.1, 0.15) is 9.84 Å². The van der Waals surface area contributed by atoms with Crippen LogP contribution in [0, 0.1) is 0 Å². The lowest BCUT2D eigenvalue weighted by atomic mass is 9.94. The van der Waals surface area contributed by atoms with Crippen LogP contribution in [-0.4, -0.2) is 34.4 Å². The molecule has 0 aliphatic heterocycles. The molecule has 0 heterocycles. The molecule has 0 bridgehead atoms. The SMILES string of the molecule is CS(=O)(=O)C1CCCC(Nc2ccc(S(N)(=O)=O)c(C(F)(F)F)c2)C1. The highest BCUT2D eigenvalue weighted by molar-refractivity contribution is 7.91. The van der Waals surface area contributed by atoms with Crippen LogP contribution in [0.2, 0.25) is 0 Å². The second-order valence-corrected chi connectivity index (χ2v) is 10.1. The lowest BCUT2D eigenvalue weighted by Gasteiger charge is -2.29. The Labute approximate surface area is 144 Å². The van der Waals surface area contributed by atoms with E-state index in [0.717, 1.165) is 12.3 Å². The first-order chi connectivity index (χ1) is 11.3. The zero-order valence-electron chi connectivity index (χ0n) is 13.4. The minimum atomic E-state index is -4.89. The second kappa shape index (κ2) is 6.76. The molecule has 3 N–H and O–H groups in total. The topological polar surface area (TPSA) is 106 Å². The summed E-state index contributed by atoms with van der Waals surface area (Å²) in [4.78, 5) is -0.997. The van der Waals surface area contributed by atoms with Crippen molar-refractivity contribution >= 4 is 25.5 Å². The van der Waals surface area contributed by atoms with Gasteiger partial charge in [0.05, 0.1) is 15.7 Å². The molecule has 0 saturated heterocycles. The van der Waals surface area contributed by atoms with Gasteiger partial charge in [-0.25, -0.2) is 22.0 Å². The van der Waals surface area contributed by atoms with Crippen LogP contribution in [0.1, 0.15) is 31.2 Å². The molecule has 142 valence electrons. The van der Waals surface area contributed by atoms with Crippen molar-refractivity contribution in [1.29, 1.82) is 0 Å². The van der Waals surface area contributed by atoms with Gasteiger partial charge < -0.3 is 5.32 Å². The second-order valence-electron chi connectivity index (χ2n) is 6.21. The molecule has 1 aromatic rings. The first-order valence-corrected chi connectivity index (χ1v) is 11.0. The quantitative estimate of drug-likeness (QED) is 0.805. The van der Waals surface area contributed by atoms with E-state index in [9.17, 15) is 30.0 Å². The van der Waals surface area contributed by atoms with E-state index in [4.69, 9.17) is 5.14 Å². The number of nitrogens with one attached hydrogen (secondary N) is 1. The van der Waals surface area contributed by atoms with Crippen LogP contribution in [0.5, 0.6) is 0 Å². The molecule has 2 rings (SSSR count). The molecule has 0 radical (unpaired) electrons. The van der Waals surface area contributed by atoms with Crippen molar-refractivity contribution in [3.05, 3.63) is 23.8 Å². The summed E-state index contributed by atoms with van der Waals surface area (Å²) >= 11 is 0. The Morgan fingerprint density at radius 2 is 1.80 bits per heavy atom. The van der Waals surface area contributed by atoms with Gasteiger partial charge in [-0.15, -0.1) is 0 Å². The minimum Gasteiger partial charge on any atom is -0.382 e. The van der Waals surface area contributed by atoms with Crippen LogP contribution in [-0.2, 0) is 26.0 Å². The van der Waals surface area contributed by atoms with E-state index < -0.39 is 41.7 Å². The predicted octanol–water partition coefficient (Wildman–Crippen LogP) is 2.12. The fourth-order valence-electron chi connectivity index (χ4n) is 2.99. The molecule has 11 heteroatoms. The standard InChI is InChI=1S/C14H19F3N2O4S2/c1-24(20,21)11-4-2-3-9(7-11)19-10-5-6-13(25(18,22)23)12(8-10)14(15,16)17/h5-6,8-9,11,19H,2-4,7H2,1H3,(H2,18,22,23). The Hall–Kier alpha value is -1.33. The number of halogens is 3. The van der Waals surface area contributed by atoms with Gasteiger partial charge in [0, 0.05) is 18.0 Å². The number of anilines is 1. The van der Waals surface area contributed by atoms with E-state index in [0.29, 0.717) is 25.3 Å². The summed E-state index contributed by atoms with van der Waals surface area (Å²) in [7, 11) is -7.75. The van der Waals surface area contributed by atoms with Gasteiger partial charge in [-0.05, 0) is 37.5 Å². The summed E-state index contributed by atoms with van der Waals surface area (Å²) in [6, 6.07) is 2.37. The molecule has 0 aromatic heterocycles. The molecule has 1 saturated carbocycles. The fraction of sp³-hybridized carbons (Fsp3) is 0.571. The molecule has 1 aliphatic rings. The molecule has 1 aliphatic carbocycles. The molecular weight excluding hydrogens is 381 g/mol. The third-order valence-corrected chi connectivity index (χ3v) is 6.80. The highest BCUT2D eigenvalue weighted by Gasteiger charge is 2.37. The van der Waals surface area contributed by atoms with E-state index in [2.05, 4.69) is 5.32 Å². The summed E-state index contributed by atoms with van der Waals surface area (Å²) in [5.41, 5.74) is -1.28. The molecule has 0 spiro atoms. The van der Waals surface area contributed by atoms with Gasteiger partial charge in [-0.3, -0.25) is 0 Å². The largest absolute Gasteiger partial charge is 0.417 e. The maximum absolute atomic E-state index is 13.1. The molecule has 1 fully saturated rings. The Balaban J connectivity index is 2.29. The van der Waals surface area contributed by atoms with Crippen molar-refractivity contribution in [2.75, 3.05) is 11.6 Å². The number of alkyl halides is 3. The van der Waals surface area contributed by atoms with E-state index in [-0.39, 0.29) is 18.2 Å². The monoisotopic (exact) mass is 400 g/mol. The Morgan fingerprint density at radius 1 is 1.16 bits per heavy atom. The first kappa shape index (κ1) is 20.0. The van der Waals surface area contributed by atoms with Gasteiger partial charge in [0.25, 0.3) is 0 Å². The molecule has 0 amide bonds. The maximum atomic E-state index is 13.1. The van der Waals surface area contributed by atoms with Crippen LogP contribution in [0.15, 0.2) is 23.1 Å². The molecule has 2 unspecified atom stereocenters. The summed E-state index contributed by atoms with van der Waals surface area (Å²) in [5, 5.41) is 7.18. The summed E-state index contributed by atoms with van der Waals surface area (Å²) in [6.07, 6.45) is -1.68. The van der Waals surface area contributed by atoms with Crippen molar-refractivity contribution in [3.8, 4) is 0 Å². The molecule has 2 atom stereocenters. The molecule has 6 nitrogen and oxygen atoms in total. The zero-order valence-corrected chi connectivity index (χ0v) is 15.0. The van der Waals surface area contributed by atoms with Gasteiger partial charge >= 0.3 is 6.18 Å². The van der Waals surface area contributed by atoms with Crippen LogP contribution < -0.4 is 10.5 Å². The molecule has 1 aromatic carbocycles. The van der Waals surface area contributed by atoms with E-state index >= 15 is 0 Å². The van der Waals surface area contributed by atoms with Crippen LogP contribution >= 0.6 is 0 Å². The molecule has 25 heavy (non-hydrogen) atoms. The average molecular weight is 400 g/mol. The zero-order chi connectivity index (χ0) is 19.0. The Bertz CT molecular complexity index is 851. The molecular formula is C14H19F3N2O4S2. The van der Waals surface area contributed by atoms with Gasteiger partial charge in [-0.1, -0.05) is 6.42 Å². The fourth-order valence-corrected chi connectivity index (χ4v) is 4.91. The maximum Gasteiger partial charge on any atom is 0.417 e. The van der Waals surface area contributed by atoms with Crippen molar-refractivity contribution < 1.29 is 30.0 Å². The van der Waals surface area contributed by atoms with Crippen LogP contribution in [0.4, 0.5) is 18.9 Å². The highest BCUT2D eigenvalue weighted by atomic mass is 32.2. The number of hydrogen-bond donors (Lipinski definition) is 2. The number of sulfonamides is 1. The van der Waals surface area contributed by atoms with Crippen molar-refractivity contribution in [2.45, 2.75) is 48.0 Å². The average Bonchev–Trinajstić information content (AvgIpc) is 2.44. The third kappa shape index (κ3) is 5.08. The summed E-state index contributed by atoms with van der Waals surface area (Å²) in [5.74, 6) is 0. The number of primary sulfonamides is 1. The van der Waals surface area contributed by atoms with Crippen molar-refractivity contribution in [2.24, 2.45) is 5.14 Å². The third-order valence-electron chi connectivity index (χ3n) is 4.19. The number of hydrogen-bond acceptors (Lipinski definition) is 5. The number of nitrogens with two attached hydrogens (primary N) is 1. The predicted molar refractivity (Wildman–Crippen MR) is 87.3 cm³/mol. The summed E-state index contributed by atoms with van der Waals surface area (Å²) < 4.78 is 85.4. The normalized spacial score (nSPS) is 22.6. The number of benzene rings is 1. The lowest BCUT2D eigenvalue weighted by Crippen LogP contribution is -2.34. The van der Waals surface area contributed by atoms with E-state index in [1.165, 1.54) is 6.07 Å². The van der Waals surface area contributed by atoms with E-state index in [1.807, 2.05) is 0 Å².